The van der Waals surface area contributed by atoms with Gasteiger partial charge in [-0.1, -0.05) is 23.7 Å². The Labute approximate surface area is 115 Å². The Hall–Kier alpha value is -0.570. The summed E-state index contributed by atoms with van der Waals surface area (Å²) in [6.45, 7) is 5.49. The summed E-state index contributed by atoms with van der Waals surface area (Å²) in [5.74, 6) is 0. The van der Waals surface area contributed by atoms with Crippen LogP contribution in [-0.4, -0.2) is 34.7 Å². The van der Waals surface area contributed by atoms with Gasteiger partial charge in [0.25, 0.3) is 0 Å². The highest BCUT2D eigenvalue weighted by Gasteiger charge is 2.31. The Bertz CT molecular complexity index is 377. The molecule has 100 valence electrons. The molecule has 1 aliphatic rings. The molecule has 1 saturated heterocycles. The summed E-state index contributed by atoms with van der Waals surface area (Å²) in [6, 6.07) is 8.68. The second-order valence-corrected chi connectivity index (χ2v) is 5.88. The Morgan fingerprint density at radius 2 is 2.00 bits per heavy atom. The van der Waals surface area contributed by atoms with Crippen LogP contribution in [0.2, 0.25) is 5.02 Å². The van der Waals surface area contributed by atoms with E-state index in [-0.39, 0.29) is 12.1 Å². The molecule has 0 spiro atoms. The molecule has 1 aliphatic heterocycles. The molecule has 1 heterocycles. The fourth-order valence-corrected chi connectivity index (χ4v) is 2.94. The molecule has 2 nitrogen and oxygen atoms in total. The summed E-state index contributed by atoms with van der Waals surface area (Å²) in [7, 11) is 0. The van der Waals surface area contributed by atoms with Crippen LogP contribution in [-0.2, 0) is 6.42 Å². The van der Waals surface area contributed by atoms with E-state index >= 15 is 0 Å². The number of nitrogens with zero attached hydrogens (tertiary/aromatic N) is 1. The van der Waals surface area contributed by atoms with Crippen LogP contribution in [0.15, 0.2) is 24.3 Å². The third-order valence-electron chi connectivity index (χ3n) is 3.81. The molecule has 0 unspecified atom stereocenters. The summed E-state index contributed by atoms with van der Waals surface area (Å²) in [5.41, 5.74) is 1.25. The van der Waals surface area contributed by atoms with E-state index in [1.165, 1.54) is 5.56 Å². The van der Waals surface area contributed by atoms with Crippen LogP contribution >= 0.6 is 11.6 Å². The van der Waals surface area contributed by atoms with Crippen molar-refractivity contribution in [1.29, 1.82) is 0 Å². The molecule has 0 saturated carbocycles. The molecular weight excluding hydrogens is 246 g/mol. The quantitative estimate of drug-likeness (QED) is 0.910. The minimum atomic E-state index is -0.211. The van der Waals surface area contributed by atoms with Crippen molar-refractivity contribution in [2.75, 3.05) is 6.54 Å². The number of piperidine rings is 1. The third kappa shape index (κ3) is 3.25. The molecule has 3 heteroatoms. The number of hydrogen-bond acceptors (Lipinski definition) is 2. The van der Waals surface area contributed by atoms with E-state index in [9.17, 15) is 5.11 Å². The molecule has 0 aliphatic carbocycles. The van der Waals surface area contributed by atoms with Gasteiger partial charge in [-0.3, -0.25) is 4.90 Å². The monoisotopic (exact) mass is 267 g/mol. The van der Waals surface area contributed by atoms with Crippen LogP contribution in [0.4, 0.5) is 0 Å². The lowest BCUT2D eigenvalue weighted by Crippen LogP contribution is -2.52. The van der Waals surface area contributed by atoms with E-state index in [2.05, 4.69) is 30.9 Å². The van der Waals surface area contributed by atoms with Crippen molar-refractivity contribution in [3.05, 3.63) is 34.9 Å². The van der Waals surface area contributed by atoms with Crippen molar-refractivity contribution in [3.8, 4) is 0 Å². The second kappa shape index (κ2) is 6.05. The van der Waals surface area contributed by atoms with Gasteiger partial charge in [0, 0.05) is 17.1 Å². The van der Waals surface area contributed by atoms with Gasteiger partial charge in [0.2, 0.25) is 0 Å². The fraction of sp³-hybridized carbons (Fsp3) is 0.600. The molecule has 1 aromatic rings. The molecule has 0 aromatic heterocycles. The van der Waals surface area contributed by atoms with Gasteiger partial charge in [0.1, 0.15) is 0 Å². The fourth-order valence-electron chi connectivity index (χ4n) is 2.82. The van der Waals surface area contributed by atoms with Gasteiger partial charge >= 0.3 is 0 Å². The largest absolute Gasteiger partial charge is 0.391 e. The lowest BCUT2D eigenvalue weighted by Gasteiger charge is -2.41. The number of aliphatic hydroxyl groups excluding tert-OH is 1. The average Bonchev–Trinajstić information content (AvgIpc) is 2.34. The molecule has 1 N–H and O–H groups in total. The maximum Gasteiger partial charge on any atom is 0.0699 e. The Kier molecular flexibility index (Phi) is 4.66. The van der Waals surface area contributed by atoms with Crippen LogP contribution in [0.3, 0.4) is 0 Å². The second-order valence-electron chi connectivity index (χ2n) is 5.44. The molecule has 0 amide bonds. The highest BCUT2D eigenvalue weighted by atomic mass is 35.5. The lowest BCUT2D eigenvalue weighted by molar-refractivity contribution is -0.00471. The molecule has 2 rings (SSSR count). The van der Waals surface area contributed by atoms with E-state index in [0.29, 0.717) is 6.04 Å². The average molecular weight is 268 g/mol. The maximum atomic E-state index is 10.2. The summed E-state index contributed by atoms with van der Waals surface area (Å²) in [5, 5.41) is 11.0. The van der Waals surface area contributed by atoms with E-state index in [4.69, 9.17) is 11.6 Å². The van der Waals surface area contributed by atoms with Crippen LogP contribution < -0.4 is 0 Å². The van der Waals surface area contributed by atoms with Gasteiger partial charge in [0.05, 0.1) is 6.10 Å². The predicted molar refractivity (Wildman–Crippen MR) is 76.0 cm³/mol. The number of hydrogen-bond donors (Lipinski definition) is 1. The van der Waals surface area contributed by atoms with Gasteiger partial charge < -0.3 is 5.11 Å². The highest BCUT2D eigenvalue weighted by molar-refractivity contribution is 6.30. The molecular formula is C15H22ClNO. The first-order chi connectivity index (χ1) is 8.58. The van der Waals surface area contributed by atoms with Gasteiger partial charge in [-0.2, -0.15) is 0 Å². The minimum absolute atomic E-state index is 0.211. The first-order valence-corrected chi connectivity index (χ1v) is 7.14. The topological polar surface area (TPSA) is 23.5 Å². The SMILES string of the molecule is CC(C)N1CCC[C@H](O)[C@@H]1Cc1ccc(Cl)cc1. The van der Waals surface area contributed by atoms with Crippen LogP contribution in [0, 0.1) is 0 Å². The number of benzene rings is 1. The summed E-state index contributed by atoms with van der Waals surface area (Å²) in [4.78, 5) is 2.42. The van der Waals surface area contributed by atoms with Crippen LogP contribution in [0.5, 0.6) is 0 Å². The van der Waals surface area contributed by atoms with Crippen molar-refractivity contribution in [2.24, 2.45) is 0 Å². The molecule has 0 radical (unpaired) electrons. The number of halogens is 1. The molecule has 1 fully saturated rings. The normalized spacial score (nSPS) is 25.6. The van der Waals surface area contributed by atoms with Crippen molar-refractivity contribution in [3.63, 3.8) is 0 Å². The zero-order valence-electron chi connectivity index (χ0n) is 11.1. The van der Waals surface area contributed by atoms with Crippen molar-refractivity contribution >= 4 is 11.6 Å². The highest BCUT2D eigenvalue weighted by Crippen LogP contribution is 2.24. The maximum absolute atomic E-state index is 10.2. The smallest absolute Gasteiger partial charge is 0.0699 e. The third-order valence-corrected chi connectivity index (χ3v) is 4.06. The summed E-state index contributed by atoms with van der Waals surface area (Å²) in [6.07, 6.45) is 2.70. The molecule has 18 heavy (non-hydrogen) atoms. The zero-order chi connectivity index (χ0) is 13.1. The first kappa shape index (κ1) is 13.9. The Balaban J connectivity index is 2.10. The summed E-state index contributed by atoms with van der Waals surface area (Å²) < 4.78 is 0. The number of likely N-dealkylation sites (tertiary alicyclic amines) is 1. The Morgan fingerprint density at radius 1 is 1.33 bits per heavy atom. The minimum Gasteiger partial charge on any atom is -0.391 e. The standard InChI is InChI=1S/C15H22ClNO/c1-11(2)17-9-3-4-15(18)14(17)10-12-5-7-13(16)8-6-12/h5-8,11,14-15,18H,3-4,9-10H2,1-2H3/t14-,15-/m0/s1. The van der Waals surface area contributed by atoms with E-state index in [1.807, 2.05) is 12.1 Å². The molecule has 0 bridgehead atoms. The van der Waals surface area contributed by atoms with Crippen LogP contribution in [0.1, 0.15) is 32.3 Å². The summed E-state index contributed by atoms with van der Waals surface area (Å²) >= 11 is 5.90. The molecule has 1 aromatic carbocycles. The van der Waals surface area contributed by atoms with Gasteiger partial charge in [-0.25, -0.2) is 0 Å². The number of rotatable bonds is 3. The van der Waals surface area contributed by atoms with Crippen molar-refractivity contribution in [2.45, 2.75) is 51.3 Å². The van der Waals surface area contributed by atoms with E-state index < -0.39 is 0 Å². The number of aliphatic hydroxyl groups is 1. The Morgan fingerprint density at radius 3 is 2.61 bits per heavy atom. The van der Waals surface area contributed by atoms with Gasteiger partial charge in [-0.15, -0.1) is 0 Å². The lowest BCUT2D eigenvalue weighted by atomic mass is 9.92. The molecule has 2 atom stereocenters. The predicted octanol–water partition coefficient (Wildman–Crippen LogP) is 3.12. The van der Waals surface area contributed by atoms with Crippen molar-refractivity contribution in [1.82, 2.24) is 4.90 Å². The van der Waals surface area contributed by atoms with Gasteiger partial charge in [-0.05, 0) is 57.4 Å². The van der Waals surface area contributed by atoms with E-state index in [1.54, 1.807) is 0 Å². The van der Waals surface area contributed by atoms with Crippen LogP contribution in [0.25, 0.3) is 0 Å². The first-order valence-electron chi connectivity index (χ1n) is 6.76. The van der Waals surface area contributed by atoms with Crippen molar-refractivity contribution < 1.29 is 5.11 Å². The van der Waals surface area contributed by atoms with Gasteiger partial charge in [0.15, 0.2) is 0 Å². The van der Waals surface area contributed by atoms with E-state index in [0.717, 1.165) is 30.8 Å². The zero-order valence-corrected chi connectivity index (χ0v) is 11.9.